The SMILES string of the molecule is C#CCCC1(CCNC(=O)CCc2cccc3c2sc2nc(-c4ccc(C(F)(F)F)cc4)cn23)N=N1. The zero-order valence-corrected chi connectivity index (χ0v) is 20.0. The van der Waals surface area contributed by atoms with Crippen LogP contribution in [0.25, 0.3) is 26.4 Å². The molecule has 1 amide bonds. The van der Waals surface area contributed by atoms with Crippen molar-refractivity contribution in [3.05, 3.63) is 59.8 Å². The van der Waals surface area contributed by atoms with Crippen molar-refractivity contribution in [2.75, 3.05) is 6.54 Å². The number of amides is 1. The number of imidazole rings is 1. The van der Waals surface area contributed by atoms with E-state index in [1.165, 1.54) is 23.5 Å². The van der Waals surface area contributed by atoms with Crippen LogP contribution in [0, 0.1) is 12.3 Å². The molecule has 1 aliphatic heterocycles. The molecule has 2 aromatic carbocycles. The van der Waals surface area contributed by atoms with Crippen molar-refractivity contribution in [3.8, 4) is 23.6 Å². The molecule has 5 rings (SSSR count). The van der Waals surface area contributed by atoms with Gasteiger partial charge < -0.3 is 5.32 Å². The number of benzene rings is 2. The highest BCUT2D eigenvalue weighted by Gasteiger charge is 2.38. The predicted octanol–water partition coefficient (Wildman–Crippen LogP) is 6.25. The number of hydrogen-bond donors (Lipinski definition) is 1. The second-order valence-corrected chi connectivity index (χ2v) is 9.69. The topological polar surface area (TPSA) is 71.1 Å². The molecule has 2 aromatic heterocycles. The van der Waals surface area contributed by atoms with Crippen LogP contribution in [-0.4, -0.2) is 27.5 Å². The van der Waals surface area contributed by atoms with Crippen molar-refractivity contribution in [1.82, 2.24) is 14.7 Å². The Labute approximate surface area is 209 Å². The molecule has 0 bridgehead atoms. The lowest BCUT2D eigenvalue weighted by molar-refractivity contribution is -0.137. The predicted molar refractivity (Wildman–Crippen MR) is 133 cm³/mol. The lowest BCUT2D eigenvalue weighted by Gasteiger charge is -2.10. The Bertz CT molecular complexity index is 1490. The summed E-state index contributed by atoms with van der Waals surface area (Å²) in [4.78, 5) is 17.8. The molecule has 0 atom stereocenters. The molecule has 0 saturated heterocycles. The van der Waals surface area contributed by atoms with Gasteiger partial charge in [-0.1, -0.05) is 35.6 Å². The van der Waals surface area contributed by atoms with E-state index in [2.05, 4.69) is 26.4 Å². The number of alkyl halides is 3. The maximum absolute atomic E-state index is 12.9. The second-order valence-electron chi connectivity index (χ2n) is 8.71. The fourth-order valence-electron chi connectivity index (χ4n) is 4.15. The van der Waals surface area contributed by atoms with Gasteiger partial charge in [0.15, 0.2) is 10.6 Å². The highest BCUT2D eigenvalue weighted by atomic mass is 32.1. The molecule has 10 heteroatoms. The maximum Gasteiger partial charge on any atom is 0.416 e. The Hall–Kier alpha value is -3.71. The first-order valence-electron chi connectivity index (χ1n) is 11.5. The van der Waals surface area contributed by atoms with Gasteiger partial charge in [0.25, 0.3) is 0 Å². The van der Waals surface area contributed by atoms with Crippen molar-refractivity contribution in [2.24, 2.45) is 10.2 Å². The monoisotopic (exact) mass is 509 g/mol. The molecule has 4 aromatic rings. The number of carbonyl (C=O) groups excluding carboxylic acids is 1. The second kappa shape index (κ2) is 9.39. The summed E-state index contributed by atoms with van der Waals surface area (Å²) in [6.07, 6.45) is 5.66. The number of terminal acetylenes is 1. The molecule has 3 heterocycles. The van der Waals surface area contributed by atoms with Gasteiger partial charge in [-0.25, -0.2) is 4.98 Å². The number of rotatable bonds is 9. The average molecular weight is 510 g/mol. The first-order chi connectivity index (χ1) is 17.3. The average Bonchev–Trinajstić information content (AvgIpc) is 3.35. The number of aryl methyl sites for hydroxylation is 1. The van der Waals surface area contributed by atoms with Gasteiger partial charge in [-0.2, -0.15) is 23.4 Å². The quantitative estimate of drug-likeness (QED) is 0.271. The van der Waals surface area contributed by atoms with E-state index in [4.69, 9.17) is 6.42 Å². The summed E-state index contributed by atoms with van der Waals surface area (Å²) < 4.78 is 41.6. The smallest absolute Gasteiger partial charge is 0.356 e. The largest absolute Gasteiger partial charge is 0.416 e. The van der Waals surface area contributed by atoms with Gasteiger partial charge in [-0.3, -0.25) is 9.20 Å². The molecule has 0 aliphatic carbocycles. The molecule has 6 nitrogen and oxygen atoms in total. The molecule has 0 spiro atoms. The van der Waals surface area contributed by atoms with Gasteiger partial charge in [-0.15, -0.1) is 12.3 Å². The summed E-state index contributed by atoms with van der Waals surface area (Å²) in [5.74, 6) is 2.56. The highest BCUT2D eigenvalue weighted by molar-refractivity contribution is 7.23. The lowest BCUT2D eigenvalue weighted by atomic mass is 10.0. The lowest BCUT2D eigenvalue weighted by Crippen LogP contribution is -2.28. The van der Waals surface area contributed by atoms with Gasteiger partial charge >= 0.3 is 6.18 Å². The third-order valence-corrected chi connectivity index (χ3v) is 7.38. The molecule has 0 fully saturated rings. The zero-order chi connectivity index (χ0) is 25.3. The van der Waals surface area contributed by atoms with Gasteiger partial charge in [0.2, 0.25) is 5.91 Å². The minimum absolute atomic E-state index is 0.0364. The highest BCUT2D eigenvalue weighted by Crippen LogP contribution is 2.36. The van der Waals surface area contributed by atoms with Crippen LogP contribution in [0.4, 0.5) is 13.2 Å². The van der Waals surface area contributed by atoms with Crippen molar-refractivity contribution in [2.45, 2.75) is 43.9 Å². The molecule has 184 valence electrons. The summed E-state index contributed by atoms with van der Waals surface area (Å²) in [5.41, 5.74) is 2.13. The van der Waals surface area contributed by atoms with E-state index in [9.17, 15) is 18.0 Å². The molecule has 0 unspecified atom stereocenters. The third kappa shape index (κ3) is 4.97. The minimum Gasteiger partial charge on any atom is -0.356 e. The normalized spacial score (nSPS) is 14.3. The van der Waals surface area contributed by atoms with Crippen LogP contribution < -0.4 is 5.32 Å². The van der Waals surface area contributed by atoms with Gasteiger partial charge in [0.1, 0.15) is 0 Å². The van der Waals surface area contributed by atoms with Crippen LogP contribution in [0.3, 0.4) is 0 Å². The first-order valence-corrected chi connectivity index (χ1v) is 12.3. The van der Waals surface area contributed by atoms with Crippen LogP contribution in [0.15, 0.2) is 58.9 Å². The summed E-state index contributed by atoms with van der Waals surface area (Å²) in [7, 11) is 0. The molecule has 1 aliphatic rings. The number of halogens is 3. The first kappa shape index (κ1) is 24.0. The van der Waals surface area contributed by atoms with Crippen molar-refractivity contribution in [1.29, 1.82) is 0 Å². The number of nitrogens with zero attached hydrogens (tertiary/aromatic N) is 4. The summed E-state index contributed by atoms with van der Waals surface area (Å²) >= 11 is 1.50. The summed E-state index contributed by atoms with van der Waals surface area (Å²) in [6, 6.07) is 10.9. The van der Waals surface area contributed by atoms with Crippen LogP contribution in [0.1, 0.15) is 36.8 Å². The maximum atomic E-state index is 12.9. The van der Waals surface area contributed by atoms with Crippen LogP contribution in [0.5, 0.6) is 0 Å². The molecule has 1 N–H and O–H groups in total. The molecule has 0 radical (unpaired) electrons. The van der Waals surface area contributed by atoms with Crippen molar-refractivity contribution < 1.29 is 18.0 Å². The number of carbonyl (C=O) groups is 1. The Morgan fingerprint density at radius 2 is 1.92 bits per heavy atom. The number of aromatic nitrogens is 2. The summed E-state index contributed by atoms with van der Waals surface area (Å²) in [6.45, 7) is 0.500. The van der Waals surface area contributed by atoms with E-state index in [0.29, 0.717) is 49.9 Å². The number of hydrogen-bond acceptors (Lipinski definition) is 5. The molecular weight excluding hydrogens is 487 g/mol. The van der Waals surface area contributed by atoms with Crippen LogP contribution >= 0.6 is 11.3 Å². The van der Waals surface area contributed by atoms with Crippen LogP contribution in [-0.2, 0) is 17.4 Å². The van der Waals surface area contributed by atoms with E-state index in [0.717, 1.165) is 32.9 Å². The Morgan fingerprint density at radius 1 is 1.14 bits per heavy atom. The van der Waals surface area contributed by atoms with E-state index >= 15 is 0 Å². The van der Waals surface area contributed by atoms with E-state index in [-0.39, 0.29) is 5.91 Å². The van der Waals surface area contributed by atoms with Crippen molar-refractivity contribution >= 4 is 32.4 Å². The Morgan fingerprint density at radius 3 is 2.61 bits per heavy atom. The molecular formula is C26H22F3N5OS. The minimum atomic E-state index is -4.37. The fourth-order valence-corrected chi connectivity index (χ4v) is 5.30. The number of thiazole rings is 1. The van der Waals surface area contributed by atoms with Gasteiger partial charge in [-0.05, 0) is 30.2 Å². The summed E-state index contributed by atoms with van der Waals surface area (Å²) in [5, 5.41) is 11.1. The number of nitrogens with one attached hydrogen (secondary N) is 1. The number of fused-ring (bicyclic) bond motifs is 3. The molecule has 36 heavy (non-hydrogen) atoms. The van der Waals surface area contributed by atoms with Crippen LogP contribution in [0.2, 0.25) is 0 Å². The molecule has 0 saturated carbocycles. The third-order valence-electron chi connectivity index (χ3n) is 6.23. The fraction of sp³-hybridized carbons (Fsp3) is 0.308. The van der Waals surface area contributed by atoms with E-state index < -0.39 is 17.4 Å². The zero-order valence-electron chi connectivity index (χ0n) is 19.2. The Kier molecular flexibility index (Phi) is 6.26. The standard InChI is InChI=1S/C26H22F3N5OS/c1-2-3-13-25(32-33-25)14-15-30-22(35)12-9-18-5-4-6-21-23(18)36-24-31-20(16-34(21)24)17-7-10-19(11-8-17)26(27,28)29/h1,4-8,10-11,16H,3,9,12-15H2,(H,30,35). The van der Waals surface area contributed by atoms with Crippen molar-refractivity contribution in [3.63, 3.8) is 0 Å². The van der Waals surface area contributed by atoms with E-state index in [1.807, 2.05) is 28.8 Å². The Balaban J connectivity index is 1.24. The van der Waals surface area contributed by atoms with E-state index in [1.54, 1.807) is 0 Å². The van der Waals surface area contributed by atoms with Gasteiger partial charge in [0, 0.05) is 44.0 Å². The van der Waals surface area contributed by atoms with Gasteiger partial charge in [0.05, 0.1) is 21.5 Å².